The van der Waals surface area contributed by atoms with Crippen LogP contribution in [0, 0.1) is 0 Å². The Balaban J connectivity index is 2.96. The Morgan fingerprint density at radius 3 is 2.28 bits per heavy atom. The summed E-state index contributed by atoms with van der Waals surface area (Å²) in [7, 11) is -1.20. The standard InChI is InChI=1S/C11H13Cl2O4P/c1-16-18(15,17-2)11(14)7-10(13)8-3-5-9(12)6-4-8/h3-7,11,14H,1-2H3. The van der Waals surface area contributed by atoms with Crippen molar-refractivity contribution in [1.29, 1.82) is 0 Å². The topological polar surface area (TPSA) is 55.8 Å². The van der Waals surface area contributed by atoms with Crippen LogP contribution in [0.15, 0.2) is 30.3 Å². The van der Waals surface area contributed by atoms with E-state index in [1.807, 2.05) is 0 Å². The molecule has 1 N–H and O–H groups in total. The molecule has 0 aliphatic carbocycles. The lowest BCUT2D eigenvalue weighted by atomic mass is 10.2. The van der Waals surface area contributed by atoms with E-state index in [0.29, 0.717) is 10.6 Å². The van der Waals surface area contributed by atoms with Gasteiger partial charge >= 0.3 is 7.60 Å². The molecule has 0 radical (unpaired) electrons. The maximum atomic E-state index is 11.9. The highest BCUT2D eigenvalue weighted by atomic mass is 35.5. The zero-order valence-corrected chi connectivity index (χ0v) is 12.2. The van der Waals surface area contributed by atoms with Crippen molar-refractivity contribution >= 4 is 35.8 Å². The van der Waals surface area contributed by atoms with Crippen molar-refractivity contribution in [2.24, 2.45) is 0 Å². The van der Waals surface area contributed by atoms with Gasteiger partial charge in [-0.2, -0.15) is 0 Å². The average Bonchev–Trinajstić information content (AvgIpc) is 2.38. The molecule has 100 valence electrons. The SMILES string of the molecule is COP(=O)(OC)C(O)C=C(Cl)c1ccc(Cl)cc1. The summed E-state index contributed by atoms with van der Waals surface area (Å²) < 4.78 is 21.2. The molecular weight excluding hydrogens is 298 g/mol. The number of halogens is 2. The van der Waals surface area contributed by atoms with Gasteiger partial charge in [-0.3, -0.25) is 4.57 Å². The molecule has 4 nitrogen and oxygen atoms in total. The number of hydrogen-bond donors (Lipinski definition) is 1. The highest BCUT2D eigenvalue weighted by Crippen LogP contribution is 2.51. The van der Waals surface area contributed by atoms with E-state index < -0.39 is 13.4 Å². The van der Waals surface area contributed by atoms with Crippen LogP contribution in [-0.4, -0.2) is 25.2 Å². The number of rotatable bonds is 5. The number of hydrogen-bond acceptors (Lipinski definition) is 4. The Labute approximate surface area is 116 Å². The summed E-state index contributed by atoms with van der Waals surface area (Å²) in [6.07, 6.45) is 1.21. The zero-order valence-electron chi connectivity index (χ0n) is 9.84. The fourth-order valence-electron chi connectivity index (χ4n) is 1.22. The molecule has 0 saturated heterocycles. The van der Waals surface area contributed by atoms with Crippen molar-refractivity contribution in [2.75, 3.05) is 14.2 Å². The van der Waals surface area contributed by atoms with Gasteiger partial charge in [0.25, 0.3) is 0 Å². The molecule has 18 heavy (non-hydrogen) atoms. The van der Waals surface area contributed by atoms with Crippen LogP contribution in [0.4, 0.5) is 0 Å². The fraction of sp³-hybridized carbons (Fsp3) is 0.273. The highest BCUT2D eigenvalue weighted by molar-refractivity contribution is 7.54. The monoisotopic (exact) mass is 310 g/mol. The molecule has 1 unspecified atom stereocenters. The second-order valence-electron chi connectivity index (χ2n) is 3.34. The van der Waals surface area contributed by atoms with Crippen molar-refractivity contribution in [3.63, 3.8) is 0 Å². The normalized spacial score (nSPS) is 14.6. The molecule has 0 bridgehead atoms. The van der Waals surface area contributed by atoms with Gasteiger partial charge < -0.3 is 14.2 Å². The zero-order chi connectivity index (χ0) is 13.8. The van der Waals surface area contributed by atoms with E-state index in [4.69, 9.17) is 23.2 Å². The van der Waals surface area contributed by atoms with Crippen LogP contribution in [-0.2, 0) is 13.6 Å². The molecule has 0 aromatic heterocycles. The average molecular weight is 311 g/mol. The molecule has 0 aliphatic heterocycles. The van der Waals surface area contributed by atoms with Gasteiger partial charge in [0.15, 0.2) is 5.85 Å². The molecule has 0 spiro atoms. The van der Waals surface area contributed by atoms with Gasteiger partial charge in [-0.25, -0.2) is 0 Å². The van der Waals surface area contributed by atoms with Gasteiger partial charge in [0.05, 0.1) is 0 Å². The first kappa shape index (κ1) is 15.7. The predicted molar refractivity (Wildman–Crippen MR) is 72.9 cm³/mol. The molecule has 0 aliphatic rings. The van der Waals surface area contributed by atoms with E-state index in [9.17, 15) is 9.67 Å². The predicted octanol–water partition coefficient (Wildman–Crippen LogP) is 3.72. The van der Waals surface area contributed by atoms with Crippen molar-refractivity contribution in [1.82, 2.24) is 0 Å². The van der Waals surface area contributed by atoms with Gasteiger partial charge in [0, 0.05) is 24.3 Å². The van der Waals surface area contributed by atoms with Crippen LogP contribution in [0.3, 0.4) is 0 Å². The van der Waals surface area contributed by atoms with Crippen molar-refractivity contribution in [3.8, 4) is 0 Å². The molecule has 1 atom stereocenters. The first-order chi connectivity index (χ1) is 8.42. The third kappa shape index (κ3) is 3.82. The summed E-state index contributed by atoms with van der Waals surface area (Å²) in [6.45, 7) is 0. The van der Waals surface area contributed by atoms with Gasteiger partial charge in [0.1, 0.15) is 0 Å². The third-order valence-corrected chi connectivity index (χ3v) is 4.66. The van der Waals surface area contributed by atoms with Crippen molar-refractivity contribution < 1.29 is 18.7 Å². The number of aliphatic hydroxyl groups excluding tert-OH is 1. The van der Waals surface area contributed by atoms with Crippen LogP contribution >= 0.6 is 30.8 Å². The molecule has 1 rings (SSSR count). The largest absolute Gasteiger partial charge is 0.377 e. The van der Waals surface area contributed by atoms with E-state index in [2.05, 4.69) is 9.05 Å². The second-order valence-corrected chi connectivity index (χ2v) is 6.52. The lowest BCUT2D eigenvalue weighted by molar-refractivity contribution is 0.201. The van der Waals surface area contributed by atoms with E-state index in [0.717, 1.165) is 0 Å². The van der Waals surface area contributed by atoms with Gasteiger partial charge in [-0.1, -0.05) is 35.3 Å². The molecule has 0 heterocycles. The molecule has 1 aromatic rings. The second kappa shape index (κ2) is 6.71. The number of aliphatic hydroxyl groups is 1. The van der Waals surface area contributed by atoms with E-state index in [1.54, 1.807) is 24.3 Å². The maximum Gasteiger partial charge on any atom is 0.362 e. The van der Waals surface area contributed by atoms with Crippen LogP contribution in [0.2, 0.25) is 5.02 Å². The van der Waals surface area contributed by atoms with Crippen LogP contribution < -0.4 is 0 Å². The molecule has 0 fully saturated rings. The molecular formula is C11H13Cl2O4P. The Hall–Kier alpha value is -0.350. The Kier molecular flexibility index (Phi) is 5.86. The Morgan fingerprint density at radius 1 is 1.33 bits per heavy atom. The summed E-state index contributed by atoms with van der Waals surface area (Å²) >= 11 is 11.7. The van der Waals surface area contributed by atoms with Crippen LogP contribution in [0.5, 0.6) is 0 Å². The molecule has 1 aromatic carbocycles. The summed E-state index contributed by atoms with van der Waals surface area (Å²) in [6, 6.07) is 6.67. The van der Waals surface area contributed by atoms with E-state index >= 15 is 0 Å². The third-order valence-electron chi connectivity index (χ3n) is 2.25. The minimum Gasteiger partial charge on any atom is -0.377 e. The lowest BCUT2D eigenvalue weighted by Gasteiger charge is -2.17. The molecule has 0 amide bonds. The van der Waals surface area contributed by atoms with Crippen LogP contribution in [0.1, 0.15) is 5.56 Å². The summed E-state index contributed by atoms with van der Waals surface area (Å²) in [5.74, 6) is -1.43. The van der Waals surface area contributed by atoms with Gasteiger partial charge in [-0.15, -0.1) is 0 Å². The minimum absolute atomic E-state index is 0.230. The summed E-state index contributed by atoms with van der Waals surface area (Å²) in [5.41, 5.74) is 0.638. The highest BCUT2D eigenvalue weighted by Gasteiger charge is 2.30. The summed E-state index contributed by atoms with van der Waals surface area (Å²) in [5, 5.41) is 10.6. The molecule has 0 saturated carbocycles. The van der Waals surface area contributed by atoms with E-state index in [1.165, 1.54) is 20.3 Å². The van der Waals surface area contributed by atoms with Gasteiger partial charge in [-0.05, 0) is 23.8 Å². The first-order valence-electron chi connectivity index (χ1n) is 4.95. The Bertz CT molecular complexity index is 464. The first-order valence-corrected chi connectivity index (χ1v) is 7.32. The lowest BCUT2D eigenvalue weighted by Crippen LogP contribution is -2.07. The maximum absolute atomic E-state index is 11.9. The van der Waals surface area contributed by atoms with E-state index in [-0.39, 0.29) is 5.03 Å². The minimum atomic E-state index is -3.59. The molecule has 7 heteroatoms. The van der Waals surface area contributed by atoms with Gasteiger partial charge in [0.2, 0.25) is 0 Å². The fourth-order valence-corrected chi connectivity index (χ4v) is 2.59. The Morgan fingerprint density at radius 2 is 1.83 bits per heavy atom. The quantitative estimate of drug-likeness (QED) is 0.842. The van der Waals surface area contributed by atoms with Crippen molar-refractivity contribution in [3.05, 3.63) is 40.9 Å². The number of benzene rings is 1. The van der Waals surface area contributed by atoms with Crippen LogP contribution in [0.25, 0.3) is 5.03 Å². The summed E-state index contributed by atoms with van der Waals surface area (Å²) in [4.78, 5) is 0. The van der Waals surface area contributed by atoms with Crippen molar-refractivity contribution in [2.45, 2.75) is 5.85 Å². The smallest absolute Gasteiger partial charge is 0.362 e.